The quantitative estimate of drug-likeness (QED) is 0.839. The number of aliphatic carboxylic acids is 1. The molecule has 0 atom stereocenters. The molecule has 2 rings (SSSR count). The number of aromatic nitrogens is 2. The highest BCUT2D eigenvalue weighted by atomic mass is 32.2. The fourth-order valence-electron chi connectivity index (χ4n) is 1.60. The number of hydrogen-bond acceptors (Lipinski definition) is 4. The number of thioether (sulfide) groups is 1. The summed E-state index contributed by atoms with van der Waals surface area (Å²) < 4.78 is 5.41. The van der Waals surface area contributed by atoms with Crippen molar-refractivity contribution in [1.82, 2.24) is 9.97 Å². The minimum atomic E-state index is -0.810. The largest absolute Gasteiger partial charge is 0.494 e. The molecule has 0 radical (unpaired) electrons. The molecule has 0 spiro atoms. The van der Waals surface area contributed by atoms with E-state index >= 15 is 0 Å². The molecule has 0 fully saturated rings. The number of H-pyrrole nitrogens is 1. The molecule has 0 saturated carbocycles. The summed E-state index contributed by atoms with van der Waals surface area (Å²) in [5.74, 6) is 1.42. The predicted molar refractivity (Wildman–Crippen MR) is 71.1 cm³/mol. The van der Waals surface area contributed by atoms with E-state index in [1.54, 1.807) is 0 Å². The van der Waals surface area contributed by atoms with Crippen LogP contribution in [-0.4, -0.2) is 33.4 Å². The standard InChI is InChI=1S/C12H14N2O3S/c1-2-17-8-3-4-9-10(5-8)14-11(13-9)6-18-7-12(15)16/h3-5H,2,6-7H2,1H3,(H,13,14)(H,15,16). The molecule has 0 aliphatic carbocycles. The second-order valence-electron chi connectivity index (χ2n) is 3.68. The van der Waals surface area contributed by atoms with Gasteiger partial charge in [-0.15, -0.1) is 11.8 Å². The van der Waals surface area contributed by atoms with Crippen molar-refractivity contribution < 1.29 is 14.6 Å². The van der Waals surface area contributed by atoms with E-state index in [1.807, 2.05) is 25.1 Å². The lowest BCUT2D eigenvalue weighted by Gasteiger charge is -2.00. The number of rotatable bonds is 6. The van der Waals surface area contributed by atoms with Crippen LogP contribution < -0.4 is 4.74 Å². The second-order valence-corrected chi connectivity index (χ2v) is 4.67. The van der Waals surface area contributed by atoms with Gasteiger partial charge < -0.3 is 14.8 Å². The number of hydrogen-bond donors (Lipinski definition) is 2. The van der Waals surface area contributed by atoms with Crippen LogP contribution in [0.2, 0.25) is 0 Å². The second kappa shape index (κ2) is 5.77. The van der Waals surface area contributed by atoms with Gasteiger partial charge in [0.2, 0.25) is 0 Å². The lowest BCUT2D eigenvalue weighted by molar-refractivity contribution is -0.133. The normalized spacial score (nSPS) is 10.7. The zero-order valence-corrected chi connectivity index (χ0v) is 10.8. The van der Waals surface area contributed by atoms with Crippen LogP contribution >= 0.6 is 11.8 Å². The first-order chi connectivity index (χ1) is 8.69. The van der Waals surface area contributed by atoms with Crippen molar-refractivity contribution in [1.29, 1.82) is 0 Å². The molecule has 18 heavy (non-hydrogen) atoms. The van der Waals surface area contributed by atoms with Gasteiger partial charge in [-0.3, -0.25) is 4.79 Å². The van der Waals surface area contributed by atoms with Crippen molar-refractivity contribution in [3.8, 4) is 5.75 Å². The van der Waals surface area contributed by atoms with Gasteiger partial charge in [0.05, 0.1) is 29.1 Å². The first kappa shape index (κ1) is 12.8. The summed E-state index contributed by atoms with van der Waals surface area (Å²) >= 11 is 1.32. The summed E-state index contributed by atoms with van der Waals surface area (Å²) in [6, 6.07) is 5.67. The molecule has 6 heteroatoms. The van der Waals surface area contributed by atoms with Gasteiger partial charge in [-0.1, -0.05) is 0 Å². The van der Waals surface area contributed by atoms with Gasteiger partial charge in [-0.2, -0.15) is 0 Å². The fraction of sp³-hybridized carbons (Fsp3) is 0.333. The molecule has 0 amide bonds. The average molecular weight is 266 g/mol. The summed E-state index contributed by atoms with van der Waals surface area (Å²) in [6.45, 7) is 2.56. The van der Waals surface area contributed by atoms with Crippen molar-refractivity contribution in [2.45, 2.75) is 12.7 Å². The summed E-state index contributed by atoms with van der Waals surface area (Å²) in [7, 11) is 0. The molecule has 0 saturated heterocycles. The van der Waals surface area contributed by atoms with Gasteiger partial charge in [0, 0.05) is 6.07 Å². The Kier molecular flexibility index (Phi) is 4.09. The molecule has 0 bridgehead atoms. The van der Waals surface area contributed by atoms with Crippen LogP contribution in [0, 0.1) is 0 Å². The lowest BCUT2D eigenvalue weighted by atomic mass is 10.3. The van der Waals surface area contributed by atoms with Gasteiger partial charge in [0.15, 0.2) is 0 Å². The molecule has 96 valence electrons. The maximum atomic E-state index is 10.4. The van der Waals surface area contributed by atoms with Gasteiger partial charge in [0.25, 0.3) is 0 Å². The zero-order valence-electron chi connectivity index (χ0n) is 9.97. The zero-order chi connectivity index (χ0) is 13.0. The van der Waals surface area contributed by atoms with E-state index in [0.29, 0.717) is 12.4 Å². The summed E-state index contributed by atoms with van der Waals surface area (Å²) in [5, 5.41) is 8.56. The molecular formula is C12H14N2O3S. The van der Waals surface area contributed by atoms with Crippen molar-refractivity contribution in [3.63, 3.8) is 0 Å². The van der Waals surface area contributed by atoms with E-state index in [1.165, 1.54) is 11.8 Å². The number of ether oxygens (including phenoxy) is 1. The maximum Gasteiger partial charge on any atom is 0.313 e. The number of aromatic amines is 1. The Hall–Kier alpha value is -1.69. The molecule has 1 aromatic carbocycles. The Morgan fingerprint density at radius 2 is 2.39 bits per heavy atom. The Balaban J connectivity index is 2.09. The molecule has 2 aromatic rings. The number of carboxylic acid groups (broad SMARTS) is 1. The SMILES string of the molecule is CCOc1ccc2nc(CSCC(=O)O)[nH]c2c1. The minimum Gasteiger partial charge on any atom is -0.494 e. The third-order valence-electron chi connectivity index (χ3n) is 2.28. The van der Waals surface area contributed by atoms with Crippen LogP contribution in [0.1, 0.15) is 12.7 Å². The van der Waals surface area contributed by atoms with Crippen LogP contribution in [-0.2, 0) is 10.5 Å². The van der Waals surface area contributed by atoms with Crippen LogP contribution in [0.3, 0.4) is 0 Å². The maximum absolute atomic E-state index is 10.4. The summed E-state index contributed by atoms with van der Waals surface area (Å²) in [4.78, 5) is 18.0. The Morgan fingerprint density at radius 3 is 3.11 bits per heavy atom. The number of benzene rings is 1. The average Bonchev–Trinajstić information content (AvgIpc) is 2.71. The lowest BCUT2D eigenvalue weighted by Crippen LogP contribution is -1.98. The summed E-state index contributed by atoms with van der Waals surface area (Å²) in [5.41, 5.74) is 1.77. The molecule has 0 unspecified atom stereocenters. The highest BCUT2D eigenvalue weighted by Gasteiger charge is 2.05. The Bertz CT molecular complexity index is 553. The van der Waals surface area contributed by atoms with E-state index in [4.69, 9.17) is 9.84 Å². The highest BCUT2D eigenvalue weighted by molar-refractivity contribution is 7.99. The van der Waals surface area contributed by atoms with E-state index in [0.717, 1.165) is 22.6 Å². The van der Waals surface area contributed by atoms with Gasteiger partial charge in [0.1, 0.15) is 11.6 Å². The smallest absolute Gasteiger partial charge is 0.313 e. The first-order valence-corrected chi connectivity index (χ1v) is 6.75. The van der Waals surface area contributed by atoms with Crippen LogP contribution in [0.5, 0.6) is 5.75 Å². The number of imidazole rings is 1. The number of nitrogens with zero attached hydrogens (tertiary/aromatic N) is 1. The first-order valence-electron chi connectivity index (χ1n) is 5.60. The number of carboxylic acids is 1. The van der Waals surface area contributed by atoms with Gasteiger partial charge in [-0.05, 0) is 19.1 Å². The molecule has 1 heterocycles. The fourth-order valence-corrected chi connectivity index (χ4v) is 2.21. The van der Waals surface area contributed by atoms with Crippen LogP contribution in [0.4, 0.5) is 0 Å². The Morgan fingerprint density at radius 1 is 1.56 bits per heavy atom. The van der Waals surface area contributed by atoms with Gasteiger partial charge >= 0.3 is 5.97 Å². The third-order valence-corrected chi connectivity index (χ3v) is 3.21. The third kappa shape index (κ3) is 3.16. The number of carbonyl (C=O) groups is 1. The van der Waals surface area contributed by atoms with E-state index < -0.39 is 5.97 Å². The van der Waals surface area contributed by atoms with Crippen molar-refractivity contribution in [2.75, 3.05) is 12.4 Å². The Labute approximate surface area is 109 Å². The topological polar surface area (TPSA) is 75.2 Å². The monoisotopic (exact) mass is 266 g/mol. The van der Waals surface area contributed by atoms with E-state index in [2.05, 4.69) is 9.97 Å². The molecule has 0 aliphatic rings. The molecule has 5 nitrogen and oxygen atoms in total. The van der Waals surface area contributed by atoms with E-state index in [9.17, 15) is 4.79 Å². The van der Waals surface area contributed by atoms with Crippen molar-refractivity contribution in [3.05, 3.63) is 24.0 Å². The molecule has 2 N–H and O–H groups in total. The minimum absolute atomic E-state index is 0.0846. The molecular weight excluding hydrogens is 252 g/mol. The molecule has 1 aromatic heterocycles. The molecule has 0 aliphatic heterocycles. The van der Waals surface area contributed by atoms with Crippen molar-refractivity contribution in [2.24, 2.45) is 0 Å². The van der Waals surface area contributed by atoms with Crippen molar-refractivity contribution >= 4 is 28.8 Å². The predicted octanol–water partition coefficient (Wildman–Crippen LogP) is 2.28. The highest BCUT2D eigenvalue weighted by Crippen LogP contribution is 2.20. The summed E-state index contributed by atoms with van der Waals surface area (Å²) in [6.07, 6.45) is 0. The van der Waals surface area contributed by atoms with Gasteiger partial charge in [-0.25, -0.2) is 4.98 Å². The number of fused-ring (bicyclic) bond motifs is 1. The van der Waals surface area contributed by atoms with Crippen LogP contribution in [0.25, 0.3) is 11.0 Å². The van der Waals surface area contributed by atoms with E-state index in [-0.39, 0.29) is 5.75 Å². The number of nitrogens with one attached hydrogen (secondary N) is 1. The van der Waals surface area contributed by atoms with Crippen LogP contribution in [0.15, 0.2) is 18.2 Å².